The summed E-state index contributed by atoms with van der Waals surface area (Å²) in [5.74, 6) is -0.353. The van der Waals surface area contributed by atoms with Crippen molar-refractivity contribution in [2.24, 2.45) is 0 Å². The van der Waals surface area contributed by atoms with Crippen LogP contribution < -0.4 is 10.6 Å². The van der Waals surface area contributed by atoms with Crippen LogP contribution in [0.5, 0.6) is 0 Å². The molecule has 3 aromatic rings. The molecule has 126 valence electrons. The number of pyridine rings is 1. The van der Waals surface area contributed by atoms with E-state index in [1.54, 1.807) is 6.20 Å². The first-order valence-corrected chi connectivity index (χ1v) is 8.08. The third kappa shape index (κ3) is 4.41. The average Bonchev–Trinajstić information content (AvgIpc) is 2.61. The topological polar surface area (TPSA) is 71.1 Å². The predicted octanol–water partition coefficient (Wildman–Crippen LogP) is 3.44. The molecule has 2 aromatic carbocycles. The van der Waals surface area contributed by atoms with Gasteiger partial charge in [0, 0.05) is 12.3 Å². The van der Waals surface area contributed by atoms with Gasteiger partial charge < -0.3 is 10.6 Å². The number of nitrogens with one attached hydrogen (secondary N) is 2. The number of fused-ring (bicyclic) bond motifs is 1. The molecule has 1 heterocycles. The molecule has 5 heteroatoms. The van der Waals surface area contributed by atoms with Gasteiger partial charge >= 0.3 is 0 Å². The van der Waals surface area contributed by atoms with Gasteiger partial charge in [-0.1, -0.05) is 48.5 Å². The molecule has 0 saturated carbocycles. The first kappa shape index (κ1) is 16.6. The summed E-state index contributed by atoms with van der Waals surface area (Å²) >= 11 is 0. The largest absolute Gasteiger partial charge is 0.349 e. The van der Waals surface area contributed by atoms with E-state index in [0.717, 1.165) is 16.5 Å². The zero-order chi connectivity index (χ0) is 17.6. The summed E-state index contributed by atoms with van der Waals surface area (Å²) < 4.78 is 0. The number of hydrogen-bond acceptors (Lipinski definition) is 3. The number of amides is 2. The summed E-state index contributed by atoms with van der Waals surface area (Å²) in [6, 6.07) is 18.7. The lowest BCUT2D eigenvalue weighted by molar-refractivity contribution is -0.120. The third-order valence-electron chi connectivity index (χ3n) is 3.84. The zero-order valence-corrected chi connectivity index (χ0v) is 13.9. The quantitative estimate of drug-likeness (QED) is 0.751. The van der Waals surface area contributed by atoms with Gasteiger partial charge in [-0.25, -0.2) is 0 Å². The van der Waals surface area contributed by atoms with Gasteiger partial charge in [0.15, 0.2) is 0 Å². The Bertz CT molecular complexity index is 894. The zero-order valence-electron chi connectivity index (χ0n) is 13.9. The first-order chi connectivity index (χ1) is 12.1. The summed E-state index contributed by atoms with van der Waals surface area (Å²) in [6.45, 7) is 1.45. The van der Waals surface area contributed by atoms with Crippen molar-refractivity contribution in [1.82, 2.24) is 10.3 Å². The van der Waals surface area contributed by atoms with Gasteiger partial charge in [-0.2, -0.15) is 0 Å². The molecule has 25 heavy (non-hydrogen) atoms. The Morgan fingerprint density at radius 3 is 2.52 bits per heavy atom. The molecule has 5 nitrogen and oxygen atoms in total. The molecule has 0 fully saturated rings. The van der Waals surface area contributed by atoms with Gasteiger partial charge in [-0.15, -0.1) is 0 Å². The molecule has 0 saturated heterocycles. The Hall–Kier alpha value is -3.21. The normalized spacial score (nSPS) is 11.7. The Kier molecular flexibility index (Phi) is 5.04. The number of carbonyl (C=O) groups is 2. The molecule has 3 rings (SSSR count). The second kappa shape index (κ2) is 7.57. The molecule has 0 radical (unpaired) electrons. The van der Waals surface area contributed by atoms with Crippen LogP contribution in [0.3, 0.4) is 0 Å². The number of carbonyl (C=O) groups excluding carboxylic acids is 2. The van der Waals surface area contributed by atoms with Gasteiger partial charge in [0.2, 0.25) is 11.8 Å². The molecule has 2 amide bonds. The Balaban J connectivity index is 1.73. The monoisotopic (exact) mass is 333 g/mol. The summed E-state index contributed by atoms with van der Waals surface area (Å²) in [7, 11) is 0. The highest BCUT2D eigenvalue weighted by molar-refractivity contribution is 5.93. The van der Waals surface area contributed by atoms with Crippen LogP contribution in [0.25, 0.3) is 10.9 Å². The molecule has 1 aromatic heterocycles. The number of anilines is 1. The SMILES string of the molecule is CC(=O)N[C@@H](CC(=O)Nc1cnc2ccccc2c1)c1ccccc1. The van der Waals surface area contributed by atoms with E-state index in [0.29, 0.717) is 5.69 Å². The summed E-state index contributed by atoms with van der Waals surface area (Å²) in [5, 5.41) is 6.64. The van der Waals surface area contributed by atoms with Crippen molar-refractivity contribution >= 4 is 28.4 Å². The minimum atomic E-state index is -0.368. The van der Waals surface area contributed by atoms with Crippen molar-refractivity contribution in [2.45, 2.75) is 19.4 Å². The Morgan fingerprint density at radius 2 is 1.76 bits per heavy atom. The highest BCUT2D eigenvalue weighted by atomic mass is 16.2. The van der Waals surface area contributed by atoms with Crippen LogP contribution in [0.2, 0.25) is 0 Å². The smallest absolute Gasteiger partial charge is 0.226 e. The van der Waals surface area contributed by atoms with Gasteiger partial charge in [-0.3, -0.25) is 14.6 Å². The lowest BCUT2D eigenvalue weighted by atomic mass is 10.0. The maximum absolute atomic E-state index is 12.4. The van der Waals surface area contributed by atoms with Crippen molar-refractivity contribution in [2.75, 3.05) is 5.32 Å². The number of nitrogens with zero attached hydrogens (tertiary/aromatic N) is 1. The second-order valence-corrected chi connectivity index (χ2v) is 5.83. The molecule has 0 spiro atoms. The minimum absolute atomic E-state index is 0.149. The lowest BCUT2D eigenvalue weighted by Gasteiger charge is -2.18. The van der Waals surface area contributed by atoms with E-state index in [2.05, 4.69) is 15.6 Å². The van der Waals surface area contributed by atoms with Crippen LogP contribution in [0.15, 0.2) is 66.9 Å². The van der Waals surface area contributed by atoms with Gasteiger partial charge in [0.25, 0.3) is 0 Å². The van der Waals surface area contributed by atoms with Crippen molar-refractivity contribution in [3.05, 3.63) is 72.4 Å². The molecule has 2 N–H and O–H groups in total. The lowest BCUT2D eigenvalue weighted by Crippen LogP contribution is -2.29. The molecule has 0 bridgehead atoms. The average molecular weight is 333 g/mol. The molecule has 0 aliphatic carbocycles. The highest BCUT2D eigenvalue weighted by Gasteiger charge is 2.17. The number of para-hydroxylation sites is 1. The van der Waals surface area contributed by atoms with Gasteiger partial charge in [0.05, 0.1) is 29.9 Å². The maximum atomic E-state index is 12.4. The highest BCUT2D eigenvalue weighted by Crippen LogP contribution is 2.19. The first-order valence-electron chi connectivity index (χ1n) is 8.08. The van der Waals surface area contributed by atoms with E-state index >= 15 is 0 Å². The van der Waals surface area contributed by atoms with E-state index in [-0.39, 0.29) is 24.3 Å². The van der Waals surface area contributed by atoms with Crippen LogP contribution >= 0.6 is 0 Å². The van der Waals surface area contributed by atoms with E-state index in [1.165, 1.54) is 6.92 Å². The van der Waals surface area contributed by atoms with E-state index in [9.17, 15) is 9.59 Å². The van der Waals surface area contributed by atoms with E-state index in [1.807, 2.05) is 60.7 Å². The Labute approximate surface area is 146 Å². The Morgan fingerprint density at radius 1 is 1.04 bits per heavy atom. The van der Waals surface area contributed by atoms with E-state index < -0.39 is 0 Å². The predicted molar refractivity (Wildman–Crippen MR) is 98.0 cm³/mol. The third-order valence-corrected chi connectivity index (χ3v) is 3.84. The fraction of sp³-hybridized carbons (Fsp3) is 0.150. The van der Waals surface area contributed by atoms with Crippen LogP contribution in [-0.2, 0) is 9.59 Å². The fourth-order valence-corrected chi connectivity index (χ4v) is 2.72. The maximum Gasteiger partial charge on any atom is 0.226 e. The summed E-state index contributed by atoms with van der Waals surface area (Å²) in [5.41, 5.74) is 2.41. The van der Waals surface area contributed by atoms with Crippen LogP contribution in [0.4, 0.5) is 5.69 Å². The summed E-state index contributed by atoms with van der Waals surface area (Å²) in [6.07, 6.45) is 1.78. The minimum Gasteiger partial charge on any atom is -0.349 e. The number of hydrogen-bond donors (Lipinski definition) is 2. The van der Waals surface area contributed by atoms with Crippen molar-refractivity contribution < 1.29 is 9.59 Å². The van der Waals surface area contributed by atoms with Crippen molar-refractivity contribution in [3.8, 4) is 0 Å². The van der Waals surface area contributed by atoms with Gasteiger partial charge in [0.1, 0.15) is 0 Å². The van der Waals surface area contributed by atoms with Gasteiger partial charge in [-0.05, 0) is 17.7 Å². The van der Waals surface area contributed by atoms with Crippen LogP contribution in [0, 0.1) is 0 Å². The molecule has 0 unspecified atom stereocenters. The molecular formula is C20H19N3O2. The number of benzene rings is 2. The van der Waals surface area contributed by atoms with Crippen LogP contribution in [0.1, 0.15) is 24.9 Å². The van der Waals surface area contributed by atoms with Crippen LogP contribution in [-0.4, -0.2) is 16.8 Å². The summed E-state index contributed by atoms with van der Waals surface area (Å²) in [4.78, 5) is 28.2. The number of rotatable bonds is 5. The van der Waals surface area contributed by atoms with Crippen molar-refractivity contribution in [3.63, 3.8) is 0 Å². The molecule has 0 aliphatic rings. The standard InChI is InChI=1S/C20H19N3O2/c1-14(24)22-19(15-7-3-2-4-8-15)12-20(25)23-17-11-16-9-5-6-10-18(16)21-13-17/h2-11,13,19H,12H2,1H3,(H,22,24)(H,23,25)/t19-/m0/s1. The second-order valence-electron chi connectivity index (χ2n) is 5.83. The van der Waals surface area contributed by atoms with Crippen molar-refractivity contribution in [1.29, 1.82) is 0 Å². The van der Waals surface area contributed by atoms with E-state index in [4.69, 9.17) is 0 Å². The molecule has 1 atom stereocenters. The number of aromatic nitrogens is 1. The molecule has 0 aliphatic heterocycles. The fourth-order valence-electron chi connectivity index (χ4n) is 2.72. The molecular weight excluding hydrogens is 314 g/mol.